The molecular formula is C36H46N4O2. The van der Waals surface area contributed by atoms with E-state index in [9.17, 15) is 9.59 Å². The van der Waals surface area contributed by atoms with Gasteiger partial charge in [-0.25, -0.2) is 0 Å². The molecule has 1 N–H and O–H groups in total. The van der Waals surface area contributed by atoms with Crippen LogP contribution in [0.5, 0.6) is 0 Å². The molecule has 1 saturated carbocycles. The fourth-order valence-corrected chi connectivity index (χ4v) is 7.41. The number of pyridine rings is 1. The highest BCUT2D eigenvalue weighted by atomic mass is 16.2. The Kier molecular flexibility index (Phi) is 9.49. The molecule has 2 atom stereocenters. The zero-order valence-electron chi connectivity index (χ0n) is 25.0. The van der Waals surface area contributed by atoms with E-state index in [2.05, 4.69) is 21.3 Å². The highest BCUT2D eigenvalue weighted by Gasteiger charge is 2.32. The number of anilines is 1. The lowest BCUT2D eigenvalue weighted by Crippen LogP contribution is -2.45. The van der Waals surface area contributed by atoms with Crippen LogP contribution in [0.25, 0.3) is 10.8 Å². The van der Waals surface area contributed by atoms with E-state index in [-0.39, 0.29) is 17.7 Å². The predicted octanol–water partition coefficient (Wildman–Crippen LogP) is 7.09. The summed E-state index contributed by atoms with van der Waals surface area (Å²) < 4.78 is 0. The van der Waals surface area contributed by atoms with Gasteiger partial charge in [0.25, 0.3) is 5.91 Å². The molecule has 3 aromatic rings. The van der Waals surface area contributed by atoms with E-state index >= 15 is 0 Å². The Bertz CT molecular complexity index is 1350. The van der Waals surface area contributed by atoms with Crippen LogP contribution in [0.2, 0.25) is 0 Å². The first-order valence-electron chi connectivity index (χ1n) is 16.4. The summed E-state index contributed by atoms with van der Waals surface area (Å²) in [4.78, 5) is 34.8. The van der Waals surface area contributed by atoms with Crippen molar-refractivity contribution in [1.29, 1.82) is 0 Å². The molecule has 2 saturated heterocycles. The fourth-order valence-electron chi connectivity index (χ4n) is 7.41. The van der Waals surface area contributed by atoms with Gasteiger partial charge in [-0.15, -0.1) is 0 Å². The van der Waals surface area contributed by atoms with Gasteiger partial charge in [-0.1, -0.05) is 63.1 Å². The molecule has 2 aliphatic heterocycles. The number of amides is 2. The number of nitrogens with zero attached hydrogens (tertiary/aromatic N) is 3. The standard InChI is InChI=1S/C36H46N4O2/c41-35-22-32(26-40(35)34-17-16-31-24-37-19-18-30(31)21-34)28-12-14-29(15-13-28)36(42)38-23-27-9-8-20-39(25-27)33-10-6-4-2-1-3-5-7-11-33/h12-19,21,24,27,32-33H,1-11,20,22-23,25-26H2,(H,38,42). The lowest BCUT2D eigenvalue weighted by Gasteiger charge is -2.39. The van der Waals surface area contributed by atoms with Gasteiger partial charge >= 0.3 is 0 Å². The summed E-state index contributed by atoms with van der Waals surface area (Å²) in [5, 5.41) is 5.39. The van der Waals surface area contributed by atoms with Gasteiger partial charge in [-0.3, -0.25) is 14.6 Å². The Morgan fingerprint density at radius 3 is 2.38 bits per heavy atom. The van der Waals surface area contributed by atoms with Gasteiger partial charge in [0.15, 0.2) is 0 Å². The van der Waals surface area contributed by atoms with Crippen LogP contribution in [-0.4, -0.2) is 53.9 Å². The number of carbonyl (C=O) groups is 2. The van der Waals surface area contributed by atoms with Crippen LogP contribution in [0.4, 0.5) is 5.69 Å². The molecule has 0 bridgehead atoms. The minimum Gasteiger partial charge on any atom is -0.352 e. The number of hydrogen-bond acceptors (Lipinski definition) is 4. The highest BCUT2D eigenvalue weighted by Crippen LogP contribution is 2.33. The molecule has 42 heavy (non-hydrogen) atoms. The number of aromatic nitrogens is 1. The maximum absolute atomic E-state index is 13.1. The first-order chi connectivity index (χ1) is 20.6. The quantitative estimate of drug-likeness (QED) is 0.346. The monoisotopic (exact) mass is 566 g/mol. The zero-order chi connectivity index (χ0) is 28.7. The van der Waals surface area contributed by atoms with E-state index < -0.39 is 0 Å². The molecule has 6 nitrogen and oxygen atoms in total. The molecule has 2 aromatic carbocycles. The average molecular weight is 567 g/mol. The molecule has 2 amide bonds. The second kappa shape index (κ2) is 13.8. The Balaban J connectivity index is 1.01. The Labute approximate surface area is 250 Å². The molecule has 0 radical (unpaired) electrons. The molecule has 2 unspecified atom stereocenters. The number of piperidine rings is 1. The van der Waals surface area contributed by atoms with Gasteiger partial charge in [0.2, 0.25) is 5.91 Å². The topological polar surface area (TPSA) is 65.5 Å². The second-order valence-electron chi connectivity index (χ2n) is 12.9. The van der Waals surface area contributed by atoms with E-state index in [4.69, 9.17) is 0 Å². The molecule has 222 valence electrons. The van der Waals surface area contributed by atoms with Crippen LogP contribution in [0.3, 0.4) is 0 Å². The van der Waals surface area contributed by atoms with Crippen molar-refractivity contribution >= 4 is 28.3 Å². The van der Waals surface area contributed by atoms with Gasteiger partial charge in [0.05, 0.1) is 0 Å². The minimum absolute atomic E-state index is 0.00661. The van der Waals surface area contributed by atoms with E-state index in [0.717, 1.165) is 41.2 Å². The third-order valence-corrected chi connectivity index (χ3v) is 9.90. The van der Waals surface area contributed by atoms with Crippen LogP contribution in [-0.2, 0) is 4.79 Å². The van der Waals surface area contributed by atoms with Crippen LogP contribution in [0.1, 0.15) is 98.9 Å². The van der Waals surface area contributed by atoms with Crippen LogP contribution < -0.4 is 10.2 Å². The average Bonchev–Trinajstić information content (AvgIpc) is 3.43. The molecule has 3 fully saturated rings. The summed E-state index contributed by atoms with van der Waals surface area (Å²) >= 11 is 0. The number of rotatable bonds is 6. The Morgan fingerprint density at radius 1 is 0.833 bits per heavy atom. The molecule has 3 aliphatic rings. The minimum atomic E-state index is 0.00661. The van der Waals surface area contributed by atoms with Crippen molar-refractivity contribution in [2.45, 2.75) is 89.0 Å². The van der Waals surface area contributed by atoms with Gasteiger partial charge in [-0.2, -0.15) is 0 Å². The maximum Gasteiger partial charge on any atom is 0.251 e. The van der Waals surface area contributed by atoms with Gasteiger partial charge < -0.3 is 15.1 Å². The lowest BCUT2D eigenvalue weighted by molar-refractivity contribution is -0.117. The molecule has 1 aromatic heterocycles. The van der Waals surface area contributed by atoms with Crippen molar-refractivity contribution in [3.63, 3.8) is 0 Å². The molecule has 0 spiro atoms. The highest BCUT2D eigenvalue weighted by molar-refractivity contribution is 5.99. The summed E-state index contributed by atoms with van der Waals surface area (Å²) in [5.74, 6) is 0.798. The summed E-state index contributed by atoms with van der Waals surface area (Å²) in [6.45, 7) is 3.73. The number of hydrogen-bond donors (Lipinski definition) is 1. The van der Waals surface area contributed by atoms with E-state index in [0.29, 0.717) is 24.4 Å². The van der Waals surface area contributed by atoms with E-state index in [1.165, 1.54) is 77.2 Å². The molecular weight excluding hydrogens is 520 g/mol. The summed E-state index contributed by atoms with van der Waals surface area (Å²) in [5.41, 5.74) is 2.74. The van der Waals surface area contributed by atoms with E-state index in [1.807, 2.05) is 53.6 Å². The molecule has 6 rings (SSSR count). The number of nitrogens with one attached hydrogen (secondary N) is 1. The Morgan fingerprint density at radius 2 is 1.60 bits per heavy atom. The number of likely N-dealkylation sites (tertiary alicyclic amines) is 1. The smallest absolute Gasteiger partial charge is 0.251 e. The van der Waals surface area contributed by atoms with Crippen LogP contribution in [0.15, 0.2) is 60.9 Å². The van der Waals surface area contributed by atoms with Crippen LogP contribution in [0, 0.1) is 5.92 Å². The zero-order valence-corrected chi connectivity index (χ0v) is 25.0. The SMILES string of the molecule is O=C(NCC1CCCN(C2CCCCCCCCC2)C1)c1ccc(C2CC(=O)N(c3ccc4cnccc4c3)C2)cc1. The normalized spacial score (nSPS) is 23.2. The fraction of sp³-hybridized carbons (Fsp3) is 0.528. The van der Waals surface area contributed by atoms with Crippen molar-refractivity contribution < 1.29 is 9.59 Å². The van der Waals surface area contributed by atoms with Gasteiger partial charge in [0.1, 0.15) is 0 Å². The van der Waals surface area contributed by atoms with Crippen LogP contribution >= 0.6 is 0 Å². The molecule has 3 heterocycles. The van der Waals surface area contributed by atoms with Crippen molar-refractivity contribution in [2.75, 3.05) is 31.1 Å². The van der Waals surface area contributed by atoms with Crippen molar-refractivity contribution in [1.82, 2.24) is 15.2 Å². The molecule has 1 aliphatic carbocycles. The van der Waals surface area contributed by atoms with E-state index in [1.54, 1.807) is 6.20 Å². The lowest BCUT2D eigenvalue weighted by atomic mass is 9.92. The third kappa shape index (κ3) is 7.03. The second-order valence-corrected chi connectivity index (χ2v) is 12.9. The summed E-state index contributed by atoms with van der Waals surface area (Å²) in [6, 6.07) is 16.7. The number of benzene rings is 2. The van der Waals surface area contributed by atoms with Crippen molar-refractivity contribution in [3.05, 3.63) is 72.1 Å². The third-order valence-electron chi connectivity index (χ3n) is 9.90. The summed E-state index contributed by atoms with van der Waals surface area (Å²) in [6.07, 6.45) is 19.0. The molecule has 6 heteroatoms. The maximum atomic E-state index is 13.1. The van der Waals surface area contributed by atoms with Crippen molar-refractivity contribution in [3.8, 4) is 0 Å². The first-order valence-corrected chi connectivity index (χ1v) is 16.4. The number of carbonyl (C=O) groups excluding carboxylic acids is 2. The summed E-state index contributed by atoms with van der Waals surface area (Å²) in [7, 11) is 0. The van der Waals surface area contributed by atoms with Gasteiger partial charge in [0, 0.05) is 67.0 Å². The predicted molar refractivity (Wildman–Crippen MR) is 170 cm³/mol. The number of fused-ring (bicyclic) bond motifs is 1. The largest absolute Gasteiger partial charge is 0.352 e. The Hall–Kier alpha value is -3.25. The van der Waals surface area contributed by atoms with Crippen molar-refractivity contribution in [2.24, 2.45) is 5.92 Å². The van der Waals surface area contributed by atoms with Gasteiger partial charge in [-0.05, 0) is 79.4 Å². The first kappa shape index (κ1) is 28.9.